The fourth-order valence-corrected chi connectivity index (χ4v) is 3.80. The maximum absolute atomic E-state index is 12.9. The van der Waals surface area contributed by atoms with Gasteiger partial charge in [-0.2, -0.15) is 5.10 Å². The van der Waals surface area contributed by atoms with Gasteiger partial charge in [0.05, 0.1) is 38.8 Å². The van der Waals surface area contributed by atoms with Gasteiger partial charge in [0, 0.05) is 11.8 Å². The van der Waals surface area contributed by atoms with Gasteiger partial charge in [-0.3, -0.25) is 9.48 Å². The number of hydrogen-bond acceptors (Lipinski definition) is 6. The van der Waals surface area contributed by atoms with Crippen molar-refractivity contribution in [1.82, 2.24) is 9.78 Å². The molecular formula is C29H31N3O5. The number of benzene rings is 3. The number of methoxy groups -OCH3 is 1. The van der Waals surface area contributed by atoms with Crippen LogP contribution < -0.4 is 24.3 Å². The van der Waals surface area contributed by atoms with Crippen molar-refractivity contribution in [2.24, 2.45) is 0 Å². The molecule has 4 aromatic rings. The Labute approximate surface area is 216 Å². The molecule has 1 aromatic heterocycles. The largest absolute Gasteiger partial charge is 0.493 e. The van der Waals surface area contributed by atoms with E-state index in [1.54, 1.807) is 30.3 Å². The van der Waals surface area contributed by atoms with Crippen LogP contribution in [0.1, 0.15) is 35.3 Å². The van der Waals surface area contributed by atoms with Crippen molar-refractivity contribution >= 4 is 11.6 Å². The molecule has 8 nitrogen and oxygen atoms in total. The van der Waals surface area contributed by atoms with Crippen LogP contribution in [0.15, 0.2) is 79.1 Å². The highest BCUT2D eigenvalue weighted by atomic mass is 16.5. The quantitative estimate of drug-likeness (QED) is 0.273. The summed E-state index contributed by atoms with van der Waals surface area (Å²) in [6, 6.07) is 20.6. The van der Waals surface area contributed by atoms with E-state index < -0.39 is 0 Å². The van der Waals surface area contributed by atoms with Crippen molar-refractivity contribution in [1.29, 1.82) is 0 Å². The van der Waals surface area contributed by atoms with Crippen LogP contribution in [0.3, 0.4) is 0 Å². The second-order valence-electron chi connectivity index (χ2n) is 8.17. The van der Waals surface area contributed by atoms with Gasteiger partial charge >= 0.3 is 0 Å². The van der Waals surface area contributed by atoms with Crippen LogP contribution in [-0.4, -0.2) is 36.0 Å². The lowest BCUT2D eigenvalue weighted by Crippen LogP contribution is -2.12. The molecule has 0 radical (unpaired) electrons. The first-order valence-electron chi connectivity index (χ1n) is 12.2. The number of rotatable bonds is 12. The maximum Gasteiger partial charge on any atom is 0.255 e. The fourth-order valence-electron chi connectivity index (χ4n) is 3.80. The SMILES string of the molecule is CCOc1ccc(Cn2cc(NC(=O)c3cccc(COc4ccccc4OC)c3)cn2)cc1OCC. The van der Waals surface area contributed by atoms with Crippen molar-refractivity contribution in [2.75, 3.05) is 25.6 Å². The molecule has 1 heterocycles. The molecule has 4 rings (SSSR count). The predicted molar refractivity (Wildman–Crippen MR) is 142 cm³/mol. The zero-order valence-electron chi connectivity index (χ0n) is 21.3. The van der Waals surface area contributed by atoms with Crippen LogP contribution in [0.5, 0.6) is 23.0 Å². The van der Waals surface area contributed by atoms with Crippen LogP contribution in [-0.2, 0) is 13.2 Å². The third-order valence-electron chi connectivity index (χ3n) is 5.50. The van der Waals surface area contributed by atoms with Gasteiger partial charge in [0.1, 0.15) is 6.61 Å². The average molecular weight is 502 g/mol. The summed E-state index contributed by atoms with van der Waals surface area (Å²) >= 11 is 0. The normalized spacial score (nSPS) is 10.6. The van der Waals surface area contributed by atoms with E-state index in [2.05, 4.69) is 10.4 Å². The van der Waals surface area contributed by atoms with Gasteiger partial charge in [-0.15, -0.1) is 0 Å². The molecular weight excluding hydrogens is 470 g/mol. The van der Waals surface area contributed by atoms with Crippen LogP contribution >= 0.6 is 0 Å². The molecule has 192 valence electrons. The molecule has 1 N–H and O–H groups in total. The fraction of sp³-hybridized carbons (Fsp3) is 0.241. The predicted octanol–water partition coefficient (Wildman–Crippen LogP) is 5.57. The summed E-state index contributed by atoms with van der Waals surface area (Å²) in [6.45, 7) is 5.83. The highest BCUT2D eigenvalue weighted by Crippen LogP contribution is 2.29. The van der Waals surface area contributed by atoms with Gasteiger partial charge < -0.3 is 24.3 Å². The number of amides is 1. The van der Waals surface area contributed by atoms with Crippen molar-refractivity contribution in [2.45, 2.75) is 27.0 Å². The van der Waals surface area contributed by atoms with Crippen molar-refractivity contribution in [3.8, 4) is 23.0 Å². The molecule has 0 aliphatic heterocycles. The lowest BCUT2D eigenvalue weighted by atomic mass is 10.1. The smallest absolute Gasteiger partial charge is 0.255 e. The number of nitrogens with one attached hydrogen (secondary N) is 1. The number of para-hydroxylation sites is 2. The van der Waals surface area contributed by atoms with E-state index in [1.165, 1.54) is 0 Å². The van der Waals surface area contributed by atoms with E-state index in [1.807, 2.05) is 74.5 Å². The van der Waals surface area contributed by atoms with Crippen LogP contribution in [0.25, 0.3) is 0 Å². The third-order valence-corrected chi connectivity index (χ3v) is 5.50. The summed E-state index contributed by atoms with van der Waals surface area (Å²) in [5, 5.41) is 7.30. The summed E-state index contributed by atoms with van der Waals surface area (Å²) < 4.78 is 24.3. The van der Waals surface area contributed by atoms with Gasteiger partial charge in [-0.25, -0.2) is 0 Å². The Morgan fingerprint density at radius 3 is 2.38 bits per heavy atom. The number of carbonyl (C=O) groups is 1. The van der Waals surface area contributed by atoms with Crippen molar-refractivity contribution in [3.05, 3.63) is 95.8 Å². The molecule has 3 aromatic carbocycles. The number of nitrogens with zero attached hydrogens (tertiary/aromatic N) is 2. The number of aromatic nitrogens is 2. The van der Waals surface area contributed by atoms with Gasteiger partial charge in [-0.1, -0.05) is 30.3 Å². The summed E-state index contributed by atoms with van der Waals surface area (Å²) in [6.07, 6.45) is 3.42. The molecule has 0 unspecified atom stereocenters. The molecule has 37 heavy (non-hydrogen) atoms. The Kier molecular flexibility index (Phi) is 8.65. The maximum atomic E-state index is 12.9. The van der Waals surface area contributed by atoms with E-state index in [0.29, 0.717) is 54.9 Å². The lowest BCUT2D eigenvalue weighted by molar-refractivity contribution is 0.102. The van der Waals surface area contributed by atoms with Gasteiger partial charge in [-0.05, 0) is 61.4 Å². The Morgan fingerprint density at radius 2 is 1.59 bits per heavy atom. The van der Waals surface area contributed by atoms with Crippen molar-refractivity contribution in [3.63, 3.8) is 0 Å². The monoisotopic (exact) mass is 501 g/mol. The molecule has 0 saturated heterocycles. The van der Waals surface area contributed by atoms with Crippen LogP contribution in [0.2, 0.25) is 0 Å². The molecule has 8 heteroatoms. The Bertz CT molecular complexity index is 1330. The molecule has 0 atom stereocenters. The molecule has 0 aliphatic carbocycles. The Hall–Kier alpha value is -4.46. The highest BCUT2D eigenvalue weighted by molar-refractivity contribution is 6.04. The van der Waals surface area contributed by atoms with E-state index in [-0.39, 0.29) is 5.91 Å². The van der Waals surface area contributed by atoms with Gasteiger partial charge in [0.25, 0.3) is 5.91 Å². The number of anilines is 1. The second-order valence-corrected chi connectivity index (χ2v) is 8.17. The highest BCUT2D eigenvalue weighted by Gasteiger charge is 2.11. The van der Waals surface area contributed by atoms with Crippen molar-refractivity contribution < 1.29 is 23.7 Å². The Balaban J connectivity index is 1.38. The molecule has 0 bridgehead atoms. The Morgan fingerprint density at radius 1 is 0.838 bits per heavy atom. The minimum absolute atomic E-state index is 0.224. The summed E-state index contributed by atoms with van der Waals surface area (Å²) in [5.74, 6) is 2.51. The van der Waals surface area contributed by atoms with Crippen LogP contribution in [0, 0.1) is 0 Å². The zero-order chi connectivity index (χ0) is 26.0. The summed E-state index contributed by atoms with van der Waals surface area (Å²) in [5.41, 5.74) is 3.02. The molecule has 1 amide bonds. The van der Waals surface area contributed by atoms with Gasteiger partial charge in [0.2, 0.25) is 0 Å². The molecule has 0 spiro atoms. The second kappa shape index (κ2) is 12.5. The first-order valence-corrected chi connectivity index (χ1v) is 12.2. The molecule has 0 fully saturated rings. The lowest BCUT2D eigenvalue weighted by Gasteiger charge is -2.12. The number of hydrogen-bond donors (Lipinski definition) is 1. The standard InChI is InChI=1S/C29H31N3O5/c1-4-35-27-14-13-21(16-28(27)36-5-2)18-32-19-24(17-30-32)31-29(33)23-10-8-9-22(15-23)20-37-26-12-7-6-11-25(26)34-3/h6-17,19H,4-5,18,20H2,1-3H3,(H,31,33). The summed E-state index contributed by atoms with van der Waals surface area (Å²) in [7, 11) is 1.60. The minimum Gasteiger partial charge on any atom is -0.493 e. The van der Waals surface area contributed by atoms with E-state index in [9.17, 15) is 4.79 Å². The third kappa shape index (κ3) is 6.82. The van der Waals surface area contributed by atoms with Gasteiger partial charge in [0.15, 0.2) is 23.0 Å². The summed E-state index contributed by atoms with van der Waals surface area (Å²) in [4.78, 5) is 12.9. The topological polar surface area (TPSA) is 83.8 Å². The first kappa shape index (κ1) is 25.6. The average Bonchev–Trinajstić information content (AvgIpc) is 3.36. The number of carbonyl (C=O) groups excluding carboxylic acids is 1. The van der Waals surface area contributed by atoms with Crippen LogP contribution in [0.4, 0.5) is 5.69 Å². The minimum atomic E-state index is -0.224. The van der Waals surface area contributed by atoms with E-state index in [4.69, 9.17) is 18.9 Å². The number of ether oxygens (including phenoxy) is 4. The first-order chi connectivity index (χ1) is 18.1. The van der Waals surface area contributed by atoms with E-state index in [0.717, 1.165) is 16.9 Å². The zero-order valence-corrected chi connectivity index (χ0v) is 21.3. The van der Waals surface area contributed by atoms with E-state index >= 15 is 0 Å². The molecule has 0 aliphatic rings. The molecule has 0 saturated carbocycles.